The van der Waals surface area contributed by atoms with Crippen LogP contribution in [0.4, 0.5) is 0 Å². The summed E-state index contributed by atoms with van der Waals surface area (Å²) in [7, 11) is 0. The topological polar surface area (TPSA) is 20.2 Å². The van der Waals surface area contributed by atoms with Crippen LogP contribution in [0, 0.1) is 10.8 Å². The second-order valence-corrected chi connectivity index (χ2v) is 8.22. The summed E-state index contributed by atoms with van der Waals surface area (Å²) in [5, 5.41) is 10.7. The average molecular weight is 276 g/mol. The van der Waals surface area contributed by atoms with Gasteiger partial charge in [0.2, 0.25) is 0 Å². The van der Waals surface area contributed by atoms with Crippen molar-refractivity contribution >= 4 is 0 Å². The van der Waals surface area contributed by atoms with Gasteiger partial charge in [0.25, 0.3) is 0 Å². The molecule has 3 aliphatic rings. The first-order valence-electron chi connectivity index (χ1n) is 8.98. The van der Waals surface area contributed by atoms with Gasteiger partial charge in [0, 0.05) is 0 Å². The van der Waals surface area contributed by atoms with E-state index in [1.165, 1.54) is 70.6 Å². The number of allylic oxidation sites excluding steroid dienone is 2. The van der Waals surface area contributed by atoms with E-state index in [-0.39, 0.29) is 0 Å². The summed E-state index contributed by atoms with van der Waals surface area (Å²) >= 11 is 0. The summed E-state index contributed by atoms with van der Waals surface area (Å²) in [6.45, 7) is 2.08. The van der Waals surface area contributed by atoms with Crippen LogP contribution < -0.4 is 0 Å². The highest BCUT2D eigenvalue weighted by Gasteiger charge is 2.60. The monoisotopic (exact) mass is 276 g/mol. The van der Waals surface area contributed by atoms with Crippen molar-refractivity contribution < 1.29 is 5.11 Å². The summed E-state index contributed by atoms with van der Waals surface area (Å²) < 4.78 is 0. The number of aliphatic hydroxyl groups is 1. The zero-order valence-electron chi connectivity index (χ0n) is 13.3. The van der Waals surface area contributed by atoms with Crippen molar-refractivity contribution in [2.75, 3.05) is 0 Å². The van der Waals surface area contributed by atoms with Crippen LogP contribution in [-0.2, 0) is 0 Å². The van der Waals surface area contributed by atoms with Crippen LogP contribution in [0.2, 0.25) is 0 Å². The predicted octanol–water partition coefficient (Wildman–Crippen LogP) is 5.38. The van der Waals surface area contributed by atoms with Crippen molar-refractivity contribution in [3.8, 4) is 0 Å². The third-order valence-corrected chi connectivity index (χ3v) is 6.45. The molecule has 0 aromatic heterocycles. The zero-order valence-corrected chi connectivity index (χ0v) is 13.3. The molecular weight excluding hydrogens is 244 g/mol. The van der Waals surface area contributed by atoms with E-state index in [2.05, 4.69) is 19.1 Å². The van der Waals surface area contributed by atoms with E-state index in [1.807, 2.05) is 0 Å². The van der Waals surface area contributed by atoms with Gasteiger partial charge in [-0.3, -0.25) is 0 Å². The maximum atomic E-state index is 10.7. The summed E-state index contributed by atoms with van der Waals surface area (Å²) in [6, 6.07) is 0. The smallest absolute Gasteiger partial charge is 0.0634 e. The third-order valence-electron chi connectivity index (χ3n) is 6.45. The van der Waals surface area contributed by atoms with Crippen LogP contribution in [0.25, 0.3) is 0 Å². The first kappa shape index (κ1) is 14.6. The first-order valence-corrected chi connectivity index (χ1v) is 8.98. The molecule has 0 bridgehead atoms. The summed E-state index contributed by atoms with van der Waals surface area (Å²) in [4.78, 5) is 0. The lowest BCUT2D eigenvalue weighted by molar-refractivity contribution is 0.0509. The van der Waals surface area contributed by atoms with Gasteiger partial charge in [0.15, 0.2) is 0 Å². The fraction of sp³-hybridized carbons (Fsp3) is 0.895. The highest BCUT2D eigenvalue weighted by Crippen LogP contribution is 2.66. The lowest BCUT2D eigenvalue weighted by atomic mass is 9.63. The van der Waals surface area contributed by atoms with Gasteiger partial charge in [0.1, 0.15) is 0 Å². The van der Waals surface area contributed by atoms with E-state index in [4.69, 9.17) is 0 Å². The molecule has 0 unspecified atom stereocenters. The van der Waals surface area contributed by atoms with Crippen LogP contribution >= 0.6 is 0 Å². The minimum atomic E-state index is -0.426. The Morgan fingerprint density at radius 2 is 1.40 bits per heavy atom. The largest absolute Gasteiger partial charge is 0.390 e. The maximum Gasteiger partial charge on any atom is 0.0634 e. The molecule has 1 heteroatoms. The van der Waals surface area contributed by atoms with Crippen molar-refractivity contribution in [1.29, 1.82) is 0 Å². The van der Waals surface area contributed by atoms with Gasteiger partial charge in [-0.2, -0.15) is 0 Å². The molecule has 0 saturated heterocycles. The standard InChI is InChI=1S/C19H32O/c1-17(20)15-18-11-8-6-4-2-3-5-7-9-12-19(18,16-17)14-10-13-18/h10,13,20H,2-9,11-12,14-16H2,1H3/t17-,18-,19+/m0/s1. The summed E-state index contributed by atoms with van der Waals surface area (Å²) in [6.07, 6.45) is 22.1. The SMILES string of the molecule is C[C@]1(O)C[C@]23C=CC[C@]2(CCCCCCCCCC3)C1. The lowest BCUT2D eigenvalue weighted by Crippen LogP contribution is -2.32. The molecule has 0 aromatic carbocycles. The average Bonchev–Trinajstić information content (AvgIpc) is 2.77. The van der Waals surface area contributed by atoms with Crippen molar-refractivity contribution in [2.45, 2.75) is 96.0 Å². The van der Waals surface area contributed by atoms with Crippen molar-refractivity contribution in [2.24, 2.45) is 10.8 Å². The Kier molecular flexibility index (Phi) is 4.01. The molecule has 0 aliphatic heterocycles. The second kappa shape index (κ2) is 5.48. The Hall–Kier alpha value is -0.300. The normalized spacial score (nSPS) is 46.3. The molecule has 2 saturated carbocycles. The van der Waals surface area contributed by atoms with E-state index < -0.39 is 5.60 Å². The van der Waals surface area contributed by atoms with Crippen LogP contribution in [0.3, 0.4) is 0 Å². The zero-order chi connectivity index (χ0) is 14.1. The van der Waals surface area contributed by atoms with Crippen molar-refractivity contribution in [1.82, 2.24) is 0 Å². The van der Waals surface area contributed by atoms with Gasteiger partial charge in [-0.1, -0.05) is 63.5 Å². The predicted molar refractivity (Wildman–Crippen MR) is 84.7 cm³/mol. The first-order chi connectivity index (χ1) is 9.58. The van der Waals surface area contributed by atoms with Gasteiger partial charge in [-0.25, -0.2) is 0 Å². The fourth-order valence-corrected chi connectivity index (χ4v) is 5.70. The Morgan fingerprint density at radius 3 is 2.10 bits per heavy atom. The van der Waals surface area contributed by atoms with E-state index in [0.29, 0.717) is 10.8 Å². The fourth-order valence-electron chi connectivity index (χ4n) is 5.70. The second-order valence-electron chi connectivity index (χ2n) is 8.22. The molecule has 3 aliphatic carbocycles. The molecule has 3 atom stereocenters. The van der Waals surface area contributed by atoms with Gasteiger partial charge in [0.05, 0.1) is 5.60 Å². The minimum Gasteiger partial charge on any atom is -0.390 e. The molecule has 20 heavy (non-hydrogen) atoms. The summed E-state index contributed by atoms with van der Waals surface area (Å²) in [5.74, 6) is 0. The molecule has 0 aromatic rings. The number of hydrogen-bond acceptors (Lipinski definition) is 1. The van der Waals surface area contributed by atoms with Crippen LogP contribution in [-0.4, -0.2) is 10.7 Å². The molecule has 1 N–H and O–H groups in total. The molecule has 0 amide bonds. The maximum absolute atomic E-state index is 10.7. The minimum absolute atomic E-state index is 0.329. The molecule has 0 heterocycles. The van der Waals surface area contributed by atoms with Crippen LogP contribution in [0.5, 0.6) is 0 Å². The molecule has 1 nitrogen and oxygen atoms in total. The number of rotatable bonds is 0. The van der Waals surface area contributed by atoms with Crippen molar-refractivity contribution in [3.63, 3.8) is 0 Å². The van der Waals surface area contributed by atoms with Crippen LogP contribution in [0.1, 0.15) is 90.4 Å². The van der Waals surface area contributed by atoms with E-state index >= 15 is 0 Å². The van der Waals surface area contributed by atoms with Crippen molar-refractivity contribution in [3.05, 3.63) is 12.2 Å². The molecule has 2 fully saturated rings. The Labute approximate surface area is 124 Å². The Morgan fingerprint density at radius 1 is 0.800 bits per heavy atom. The molecule has 0 spiro atoms. The van der Waals surface area contributed by atoms with Gasteiger partial charge >= 0.3 is 0 Å². The highest BCUT2D eigenvalue weighted by molar-refractivity contribution is 5.24. The van der Waals surface area contributed by atoms with Gasteiger partial charge < -0.3 is 5.11 Å². The Balaban J connectivity index is 1.81. The Bertz CT molecular complexity index is 370. The quantitative estimate of drug-likeness (QED) is 0.589. The third kappa shape index (κ3) is 2.58. The van der Waals surface area contributed by atoms with E-state index in [9.17, 15) is 5.11 Å². The number of hydrogen-bond donors (Lipinski definition) is 1. The molecular formula is C19H32O. The summed E-state index contributed by atoms with van der Waals surface area (Å²) in [5.41, 5.74) is 0.302. The highest BCUT2D eigenvalue weighted by atomic mass is 16.3. The molecule has 0 radical (unpaired) electrons. The van der Waals surface area contributed by atoms with E-state index in [0.717, 1.165) is 12.8 Å². The van der Waals surface area contributed by atoms with E-state index in [1.54, 1.807) is 0 Å². The van der Waals surface area contributed by atoms with Gasteiger partial charge in [-0.05, 0) is 49.9 Å². The van der Waals surface area contributed by atoms with Gasteiger partial charge in [-0.15, -0.1) is 0 Å². The molecule has 3 rings (SSSR count). The molecule has 114 valence electrons. The van der Waals surface area contributed by atoms with Crippen LogP contribution in [0.15, 0.2) is 12.2 Å². The lowest BCUT2D eigenvalue weighted by Gasteiger charge is -2.41.